The van der Waals surface area contributed by atoms with Gasteiger partial charge in [-0.3, -0.25) is 4.68 Å². The van der Waals surface area contributed by atoms with Crippen LogP contribution >= 0.6 is 11.3 Å². The number of rotatable bonds is 2. The molecule has 0 radical (unpaired) electrons. The van der Waals surface area contributed by atoms with Gasteiger partial charge in [-0.1, -0.05) is 0 Å². The van der Waals surface area contributed by atoms with Crippen molar-refractivity contribution in [2.45, 2.75) is 38.6 Å². The molecule has 0 saturated heterocycles. The minimum Gasteiger partial charge on any atom is -0.318 e. The van der Waals surface area contributed by atoms with Crippen molar-refractivity contribution in [3.63, 3.8) is 0 Å². The maximum Gasteiger partial charge on any atom is 0.115 e. The number of fused-ring (bicyclic) bond motifs is 1. The first-order valence-corrected chi connectivity index (χ1v) is 7.21. The van der Waals surface area contributed by atoms with Crippen LogP contribution in [0.2, 0.25) is 0 Å². The van der Waals surface area contributed by atoms with Crippen LogP contribution in [0.25, 0.3) is 0 Å². The van der Waals surface area contributed by atoms with Gasteiger partial charge in [0.05, 0.1) is 17.9 Å². The molecular formula is C13H18N4S. The number of thiazole rings is 1. The monoisotopic (exact) mass is 262 g/mol. The van der Waals surface area contributed by atoms with E-state index in [0.29, 0.717) is 0 Å². The highest BCUT2D eigenvalue weighted by atomic mass is 32.1. The Balaban J connectivity index is 1.94. The van der Waals surface area contributed by atoms with Gasteiger partial charge in [-0.25, -0.2) is 4.98 Å². The Bertz CT molecular complexity index is 546. The van der Waals surface area contributed by atoms with Gasteiger partial charge in [0.1, 0.15) is 5.01 Å². The number of hydrogen-bond donors (Lipinski definition) is 1. The third-order valence-corrected chi connectivity index (χ3v) is 4.98. The van der Waals surface area contributed by atoms with Crippen LogP contribution in [0.15, 0.2) is 6.20 Å². The Hall–Kier alpha value is -1.20. The third-order valence-electron chi connectivity index (χ3n) is 3.74. The largest absolute Gasteiger partial charge is 0.318 e. The number of aromatic nitrogens is 3. The molecule has 0 aliphatic heterocycles. The topological polar surface area (TPSA) is 56.7 Å². The fourth-order valence-corrected chi connectivity index (χ4v) is 3.63. The zero-order valence-corrected chi connectivity index (χ0v) is 11.6. The molecule has 18 heavy (non-hydrogen) atoms. The molecule has 1 aliphatic rings. The highest BCUT2D eigenvalue weighted by molar-refractivity contribution is 7.11. The number of hydrogen-bond acceptors (Lipinski definition) is 4. The summed E-state index contributed by atoms with van der Waals surface area (Å²) in [6, 6.07) is -0.130. The molecule has 3 rings (SSSR count). The van der Waals surface area contributed by atoms with E-state index in [1.807, 2.05) is 17.9 Å². The summed E-state index contributed by atoms with van der Waals surface area (Å²) in [4.78, 5) is 6.17. The lowest BCUT2D eigenvalue weighted by Crippen LogP contribution is -2.12. The van der Waals surface area contributed by atoms with Crippen LogP contribution in [0.4, 0.5) is 0 Å². The van der Waals surface area contributed by atoms with Crippen LogP contribution < -0.4 is 5.73 Å². The lowest BCUT2D eigenvalue weighted by atomic mass is 10.0. The van der Waals surface area contributed by atoms with Crippen molar-refractivity contribution < 1.29 is 0 Å². The summed E-state index contributed by atoms with van der Waals surface area (Å²) in [5, 5.41) is 5.30. The smallest absolute Gasteiger partial charge is 0.115 e. The Kier molecular flexibility index (Phi) is 2.95. The van der Waals surface area contributed by atoms with Gasteiger partial charge in [-0.2, -0.15) is 5.10 Å². The van der Waals surface area contributed by atoms with Gasteiger partial charge in [0.25, 0.3) is 0 Å². The minimum atomic E-state index is -0.130. The van der Waals surface area contributed by atoms with E-state index in [-0.39, 0.29) is 6.04 Å². The van der Waals surface area contributed by atoms with Crippen LogP contribution in [0.1, 0.15) is 45.7 Å². The van der Waals surface area contributed by atoms with E-state index >= 15 is 0 Å². The molecule has 1 atom stereocenters. The molecule has 1 aliphatic carbocycles. The summed E-state index contributed by atoms with van der Waals surface area (Å²) in [6.07, 6.45) is 6.70. The molecule has 2 N–H and O–H groups in total. The van der Waals surface area contributed by atoms with Gasteiger partial charge in [0, 0.05) is 23.2 Å². The third kappa shape index (κ3) is 1.87. The van der Waals surface area contributed by atoms with E-state index in [0.717, 1.165) is 22.7 Å². The molecule has 2 aromatic heterocycles. The highest BCUT2D eigenvalue weighted by Gasteiger charge is 2.21. The van der Waals surface area contributed by atoms with Crippen molar-refractivity contribution in [1.29, 1.82) is 0 Å². The zero-order chi connectivity index (χ0) is 12.7. The normalized spacial score (nSPS) is 16.6. The molecule has 0 amide bonds. The van der Waals surface area contributed by atoms with Crippen LogP contribution in [0, 0.1) is 6.92 Å². The van der Waals surface area contributed by atoms with Crippen LogP contribution in [-0.2, 0) is 19.9 Å². The lowest BCUT2D eigenvalue weighted by Gasteiger charge is -2.07. The SMILES string of the molecule is Cc1c(C(N)c2nc3c(s2)CCCC3)cnn1C. The average molecular weight is 262 g/mol. The molecule has 0 spiro atoms. The van der Waals surface area contributed by atoms with Gasteiger partial charge in [0.15, 0.2) is 0 Å². The van der Waals surface area contributed by atoms with Crippen molar-refractivity contribution in [2.24, 2.45) is 12.8 Å². The van der Waals surface area contributed by atoms with Gasteiger partial charge in [0.2, 0.25) is 0 Å². The summed E-state index contributed by atoms with van der Waals surface area (Å²) in [5.74, 6) is 0. The van der Waals surface area contributed by atoms with E-state index in [2.05, 4.69) is 12.0 Å². The fourth-order valence-electron chi connectivity index (χ4n) is 2.46. The summed E-state index contributed by atoms with van der Waals surface area (Å²) in [6.45, 7) is 2.05. The van der Waals surface area contributed by atoms with E-state index in [1.165, 1.54) is 29.8 Å². The standard InChI is InChI=1S/C13H18N4S/c1-8-9(7-15-17(8)2)12(14)13-16-10-5-3-4-6-11(10)18-13/h7,12H,3-6,14H2,1-2H3. The number of nitrogens with zero attached hydrogens (tertiary/aromatic N) is 3. The number of aryl methyl sites for hydroxylation is 3. The highest BCUT2D eigenvalue weighted by Crippen LogP contribution is 2.32. The maximum absolute atomic E-state index is 6.34. The molecule has 4 nitrogen and oxygen atoms in total. The van der Waals surface area contributed by atoms with E-state index < -0.39 is 0 Å². The predicted molar refractivity (Wildman–Crippen MR) is 72.7 cm³/mol. The van der Waals surface area contributed by atoms with E-state index in [4.69, 9.17) is 10.7 Å². The van der Waals surface area contributed by atoms with Crippen molar-refractivity contribution in [2.75, 3.05) is 0 Å². The van der Waals surface area contributed by atoms with Gasteiger partial charge in [-0.15, -0.1) is 11.3 Å². The molecule has 1 unspecified atom stereocenters. The zero-order valence-electron chi connectivity index (χ0n) is 10.8. The fraction of sp³-hybridized carbons (Fsp3) is 0.538. The molecule has 0 fully saturated rings. The first-order chi connectivity index (χ1) is 8.66. The molecule has 2 heterocycles. The molecule has 0 aromatic carbocycles. The minimum absolute atomic E-state index is 0.130. The second kappa shape index (κ2) is 4.48. The van der Waals surface area contributed by atoms with Gasteiger partial charge < -0.3 is 5.73 Å². The maximum atomic E-state index is 6.34. The van der Waals surface area contributed by atoms with Crippen LogP contribution in [0.5, 0.6) is 0 Å². The molecule has 0 saturated carbocycles. The van der Waals surface area contributed by atoms with Gasteiger partial charge in [-0.05, 0) is 32.6 Å². The Morgan fingerprint density at radius 2 is 2.17 bits per heavy atom. The van der Waals surface area contributed by atoms with Gasteiger partial charge >= 0.3 is 0 Å². The lowest BCUT2D eigenvalue weighted by molar-refractivity contribution is 0.678. The van der Waals surface area contributed by atoms with Crippen molar-refractivity contribution >= 4 is 11.3 Å². The van der Waals surface area contributed by atoms with E-state index in [9.17, 15) is 0 Å². The Morgan fingerprint density at radius 1 is 1.39 bits per heavy atom. The van der Waals surface area contributed by atoms with E-state index in [1.54, 1.807) is 11.3 Å². The second-order valence-corrected chi connectivity index (χ2v) is 6.03. The van der Waals surface area contributed by atoms with Crippen molar-refractivity contribution in [1.82, 2.24) is 14.8 Å². The Morgan fingerprint density at radius 3 is 2.83 bits per heavy atom. The first kappa shape index (κ1) is 11.9. The summed E-state index contributed by atoms with van der Waals surface area (Å²) in [5.41, 5.74) is 9.82. The molecule has 96 valence electrons. The number of nitrogens with two attached hydrogens (primary N) is 1. The molecular weight excluding hydrogens is 244 g/mol. The quantitative estimate of drug-likeness (QED) is 0.902. The first-order valence-electron chi connectivity index (χ1n) is 6.39. The summed E-state index contributed by atoms with van der Waals surface area (Å²) < 4.78 is 1.86. The van der Waals surface area contributed by atoms with Crippen LogP contribution in [-0.4, -0.2) is 14.8 Å². The van der Waals surface area contributed by atoms with Crippen LogP contribution in [0.3, 0.4) is 0 Å². The predicted octanol–water partition coefficient (Wildman–Crippen LogP) is 2.11. The summed E-state index contributed by atoms with van der Waals surface area (Å²) in [7, 11) is 1.94. The molecule has 2 aromatic rings. The van der Waals surface area contributed by atoms with Crippen molar-refractivity contribution in [3.8, 4) is 0 Å². The summed E-state index contributed by atoms with van der Waals surface area (Å²) >= 11 is 1.78. The second-order valence-electron chi connectivity index (χ2n) is 4.92. The molecule has 5 heteroatoms. The molecule has 0 bridgehead atoms. The van der Waals surface area contributed by atoms with Crippen molar-refractivity contribution in [3.05, 3.63) is 33.0 Å². The Labute approximate surface area is 111 Å². The average Bonchev–Trinajstić information content (AvgIpc) is 2.94.